The van der Waals surface area contributed by atoms with Crippen LogP contribution in [0.2, 0.25) is 0 Å². The maximum absolute atomic E-state index is 10.3. The summed E-state index contributed by atoms with van der Waals surface area (Å²) in [7, 11) is 0. The predicted molar refractivity (Wildman–Crippen MR) is 123 cm³/mol. The molecule has 0 aliphatic rings. The van der Waals surface area contributed by atoms with Crippen molar-refractivity contribution in [1.29, 1.82) is 0 Å². The average molecular weight is 395 g/mol. The van der Waals surface area contributed by atoms with Crippen molar-refractivity contribution in [3.63, 3.8) is 0 Å². The van der Waals surface area contributed by atoms with Gasteiger partial charge in [0.25, 0.3) is 0 Å². The lowest BCUT2D eigenvalue weighted by atomic mass is 9.95. The van der Waals surface area contributed by atoms with Crippen molar-refractivity contribution in [2.75, 3.05) is 0 Å². The first-order valence-corrected chi connectivity index (χ1v) is 10.4. The van der Waals surface area contributed by atoms with Gasteiger partial charge in [0.15, 0.2) is 0 Å². The zero-order valence-corrected chi connectivity index (χ0v) is 17.0. The highest BCUT2D eigenvalue weighted by atomic mass is 16.3. The molecule has 150 valence electrons. The molecule has 2 nitrogen and oxygen atoms in total. The minimum Gasteiger partial charge on any atom is -0.508 e. The number of phenolic OH excluding ortho intramolecular Hbond substituents is 2. The summed E-state index contributed by atoms with van der Waals surface area (Å²) in [5, 5.41) is 20.7. The number of hydrogen-bond acceptors (Lipinski definition) is 2. The van der Waals surface area contributed by atoms with Crippen LogP contribution in [0.25, 0.3) is 11.1 Å². The van der Waals surface area contributed by atoms with Gasteiger partial charge in [0.05, 0.1) is 0 Å². The van der Waals surface area contributed by atoms with Crippen LogP contribution in [0, 0.1) is 0 Å². The van der Waals surface area contributed by atoms with Crippen molar-refractivity contribution < 1.29 is 10.2 Å². The summed E-state index contributed by atoms with van der Waals surface area (Å²) in [5.74, 6) is 0.663. The molecule has 0 aliphatic heterocycles. The second kappa shape index (κ2) is 9.32. The zero-order valence-electron chi connectivity index (χ0n) is 17.0. The van der Waals surface area contributed by atoms with E-state index >= 15 is 0 Å². The van der Waals surface area contributed by atoms with E-state index in [9.17, 15) is 10.2 Å². The highest BCUT2D eigenvalue weighted by molar-refractivity contribution is 5.67. The Morgan fingerprint density at radius 1 is 0.433 bits per heavy atom. The van der Waals surface area contributed by atoms with Crippen molar-refractivity contribution >= 4 is 0 Å². The molecule has 30 heavy (non-hydrogen) atoms. The Morgan fingerprint density at radius 2 is 0.833 bits per heavy atom. The molecule has 0 bridgehead atoms. The van der Waals surface area contributed by atoms with E-state index in [1.165, 1.54) is 11.1 Å². The summed E-state index contributed by atoms with van der Waals surface area (Å²) in [6.07, 6.45) is 3.33. The molecule has 4 aromatic rings. The van der Waals surface area contributed by atoms with Gasteiger partial charge < -0.3 is 10.2 Å². The van der Waals surface area contributed by atoms with Gasteiger partial charge in [0.1, 0.15) is 11.5 Å². The van der Waals surface area contributed by atoms with E-state index in [2.05, 4.69) is 36.4 Å². The second-order valence-corrected chi connectivity index (χ2v) is 7.66. The van der Waals surface area contributed by atoms with Gasteiger partial charge in [-0.25, -0.2) is 0 Å². The maximum Gasteiger partial charge on any atom is 0.118 e. The van der Waals surface area contributed by atoms with E-state index in [-0.39, 0.29) is 0 Å². The summed E-state index contributed by atoms with van der Waals surface area (Å²) in [4.78, 5) is 0. The number of aromatic hydroxyl groups is 2. The van der Waals surface area contributed by atoms with Crippen LogP contribution >= 0.6 is 0 Å². The molecule has 0 unspecified atom stereocenters. The molecule has 0 radical (unpaired) electrons. The van der Waals surface area contributed by atoms with Crippen LogP contribution in [0.4, 0.5) is 0 Å². The molecule has 0 amide bonds. The third-order valence-electron chi connectivity index (χ3n) is 5.54. The van der Waals surface area contributed by atoms with Crippen LogP contribution in [-0.2, 0) is 25.7 Å². The predicted octanol–water partition coefficient (Wildman–Crippen LogP) is 6.34. The van der Waals surface area contributed by atoms with Crippen LogP contribution in [0.1, 0.15) is 22.3 Å². The summed E-state index contributed by atoms with van der Waals surface area (Å²) in [5.41, 5.74) is 6.50. The highest BCUT2D eigenvalue weighted by Crippen LogP contribution is 2.30. The lowest BCUT2D eigenvalue weighted by molar-refractivity contribution is 0.467. The van der Waals surface area contributed by atoms with Crippen molar-refractivity contribution in [2.24, 2.45) is 0 Å². The van der Waals surface area contributed by atoms with Crippen molar-refractivity contribution in [3.05, 3.63) is 119 Å². The van der Waals surface area contributed by atoms with Gasteiger partial charge in [0, 0.05) is 0 Å². The smallest absolute Gasteiger partial charge is 0.118 e. The van der Waals surface area contributed by atoms with Crippen LogP contribution in [0.3, 0.4) is 0 Å². The third-order valence-corrected chi connectivity index (χ3v) is 5.54. The number of phenols is 2. The molecular formula is C28H26O2. The molecule has 0 saturated carbocycles. The van der Waals surface area contributed by atoms with Crippen LogP contribution in [-0.4, -0.2) is 10.2 Å². The van der Waals surface area contributed by atoms with Gasteiger partial charge in [-0.1, -0.05) is 72.8 Å². The molecule has 0 aromatic heterocycles. The van der Waals surface area contributed by atoms with E-state index in [1.54, 1.807) is 12.1 Å². The third kappa shape index (κ3) is 4.90. The van der Waals surface area contributed by atoms with E-state index in [1.807, 2.05) is 48.5 Å². The molecule has 0 aliphatic carbocycles. The lowest BCUT2D eigenvalue weighted by Gasteiger charge is -2.11. The Hall–Kier alpha value is -3.52. The van der Waals surface area contributed by atoms with Crippen molar-refractivity contribution in [3.8, 4) is 22.6 Å². The van der Waals surface area contributed by atoms with E-state index in [4.69, 9.17) is 0 Å². The fourth-order valence-electron chi connectivity index (χ4n) is 3.78. The fourth-order valence-corrected chi connectivity index (χ4v) is 3.78. The van der Waals surface area contributed by atoms with Crippen LogP contribution in [0.15, 0.2) is 97.1 Å². The Morgan fingerprint density at radius 3 is 1.23 bits per heavy atom. The van der Waals surface area contributed by atoms with Gasteiger partial charge >= 0.3 is 0 Å². The van der Waals surface area contributed by atoms with E-state index in [0.29, 0.717) is 11.5 Å². The van der Waals surface area contributed by atoms with E-state index in [0.717, 1.165) is 47.9 Å². The molecule has 4 rings (SSSR count). The highest BCUT2D eigenvalue weighted by Gasteiger charge is 2.09. The standard InChI is InChI=1S/C28H26O2/c29-27-17-15-23(19-25(27)13-11-21-7-3-1-4-8-21)24-16-18-28(30)26(20-24)14-12-22-9-5-2-6-10-22/h1-10,15-20,29-30H,11-14H2. The maximum atomic E-state index is 10.3. The Kier molecular flexibility index (Phi) is 6.14. The minimum atomic E-state index is 0.331. The van der Waals surface area contributed by atoms with E-state index < -0.39 is 0 Å². The normalized spacial score (nSPS) is 10.8. The Labute approximate surface area is 178 Å². The van der Waals surface area contributed by atoms with Gasteiger partial charge in [0.2, 0.25) is 0 Å². The second-order valence-electron chi connectivity index (χ2n) is 7.66. The Bertz CT molecular complexity index is 1010. The fraction of sp³-hybridized carbons (Fsp3) is 0.143. The van der Waals surface area contributed by atoms with Crippen molar-refractivity contribution in [2.45, 2.75) is 25.7 Å². The number of rotatable bonds is 7. The number of hydrogen-bond donors (Lipinski definition) is 2. The Balaban J connectivity index is 1.53. The summed E-state index contributed by atoms with van der Waals surface area (Å²) >= 11 is 0. The molecule has 2 N–H and O–H groups in total. The minimum absolute atomic E-state index is 0.331. The molecule has 0 fully saturated rings. The summed E-state index contributed by atoms with van der Waals surface area (Å²) in [6.45, 7) is 0. The first kappa shape index (κ1) is 19.8. The van der Waals surface area contributed by atoms with Crippen LogP contribution < -0.4 is 0 Å². The monoisotopic (exact) mass is 394 g/mol. The molecule has 0 heterocycles. The number of aryl methyl sites for hydroxylation is 4. The van der Waals surface area contributed by atoms with Gasteiger partial charge in [-0.2, -0.15) is 0 Å². The summed E-state index contributed by atoms with van der Waals surface area (Å²) < 4.78 is 0. The summed E-state index contributed by atoms with van der Waals surface area (Å²) in [6, 6.07) is 32.2. The lowest BCUT2D eigenvalue weighted by Crippen LogP contribution is -1.94. The molecule has 0 saturated heterocycles. The molecular weight excluding hydrogens is 368 g/mol. The van der Waals surface area contributed by atoms with Gasteiger partial charge in [-0.3, -0.25) is 0 Å². The van der Waals surface area contributed by atoms with Crippen LogP contribution in [0.5, 0.6) is 11.5 Å². The van der Waals surface area contributed by atoms with Gasteiger partial charge in [-0.05, 0) is 83.3 Å². The first-order valence-electron chi connectivity index (χ1n) is 10.4. The zero-order chi connectivity index (χ0) is 20.8. The SMILES string of the molecule is Oc1ccc(-c2ccc(O)c(CCc3ccccc3)c2)cc1CCc1ccccc1. The average Bonchev–Trinajstić information content (AvgIpc) is 2.79. The topological polar surface area (TPSA) is 40.5 Å². The quantitative estimate of drug-likeness (QED) is 0.384. The van der Waals surface area contributed by atoms with Crippen molar-refractivity contribution in [1.82, 2.24) is 0 Å². The van der Waals surface area contributed by atoms with Gasteiger partial charge in [-0.15, -0.1) is 0 Å². The number of benzene rings is 4. The molecule has 0 atom stereocenters. The molecule has 2 heteroatoms. The molecule has 0 spiro atoms. The first-order chi connectivity index (χ1) is 14.7. The molecule has 4 aromatic carbocycles. The largest absolute Gasteiger partial charge is 0.508 e.